The Labute approximate surface area is 109 Å². The third kappa shape index (κ3) is 2.57. The van der Waals surface area contributed by atoms with Crippen LogP contribution in [0, 0.1) is 6.92 Å². The highest BCUT2D eigenvalue weighted by molar-refractivity contribution is 9.10. The van der Waals surface area contributed by atoms with Gasteiger partial charge in [-0.1, -0.05) is 15.9 Å². The molecule has 1 aromatic rings. The van der Waals surface area contributed by atoms with Gasteiger partial charge in [0.1, 0.15) is 0 Å². The van der Waals surface area contributed by atoms with E-state index < -0.39 is 0 Å². The molecule has 2 rings (SSSR count). The van der Waals surface area contributed by atoms with Crippen LogP contribution < -0.4 is 4.90 Å². The number of anilines is 1. The average molecular weight is 296 g/mol. The fourth-order valence-electron chi connectivity index (χ4n) is 1.97. The van der Waals surface area contributed by atoms with Crippen LogP contribution in [0.25, 0.3) is 0 Å². The summed E-state index contributed by atoms with van der Waals surface area (Å²) in [5.74, 6) is -0.177. The van der Waals surface area contributed by atoms with Crippen molar-refractivity contribution in [2.24, 2.45) is 0 Å². The van der Waals surface area contributed by atoms with Crippen LogP contribution in [0.5, 0.6) is 0 Å². The summed E-state index contributed by atoms with van der Waals surface area (Å²) in [6.45, 7) is 1.94. The molecule has 1 fully saturated rings. The van der Waals surface area contributed by atoms with Gasteiger partial charge in [-0.3, -0.25) is 14.5 Å². The van der Waals surface area contributed by atoms with E-state index in [1.54, 1.807) is 6.07 Å². The molecule has 2 amide bonds. The van der Waals surface area contributed by atoms with Gasteiger partial charge in [-0.05, 0) is 43.5 Å². The number of hydrogen-bond acceptors (Lipinski definition) is 2. The molecule has 1 aliphatic heterocycles. The van der Waals surface area contributed by atoms with Crippen molar-refractivity contribution in [1.82, 2.24) is 0 Å². The van der Waals surface area contributed by atoms with Crippen molar-refractivity contribution in [3.8, 4) is 0 Å². The number of nitrogens with zero attached hydrogens (tertiary/aromatic N) is 1. The molecule has 1 aromatic carbocycles. The van der Waals surface area contributed by atoms with Gasteiger partial charge in [0, 0.05) is 17.3 Å². The van der Waals surface area contributed by atoms with Crippen molar-refractivity contribution in [3.05, 3.63) is 28.2 Å². The van der Waals surface area contributed by atoms with Crippen molar-refractivity contribution in [2.45, 2.75) is 32.6 Å². The Morgan fingerprint density at radius 1 is 1.12 bits per heavy atom. The van der Waals surface area contributed by atoms with E-state index in [1.807, 2.05) is 19.1 Å². The van der Waals surface area contributed by atoms with Gasteiger partial charge in [0.15, 0.2) is 0 Å². The van der Waals surface area contributed by atoms with Crippen LogP contribution in [0.2, 0.25) is 0 Å². The first-order chi connectivity index (χ1) is 8.09. The van der Waals surface area contributed by atoms with E-state index in [0.717, 1.165) is 22.9 Å². The average Bonchev–Trinajstić information content (AvgIpc) is 2.45. The van der Waals surface area contributed by atoms with Crippen LogP contribution in [0.1, 0.15) is 31.2 Å². The standard InChI is InChI=1S/C13H14BrNO2/c1-9-8-10(6-7-11(9)14)15-12(16)4-2-3-5-13(15)17/h6-8H,2-5H2,1H3. The molecule has 1 aliphatic rings. The first kappa shape index (κ1) is 12.3. The molecule has 0 N–H and O–H groups in total. The van der Waals surface area contributed by atoms with E-state index in [1.165, 1.54) is 4.90 Å². The molecule has 1 heterocycles. The van der Waals surface area contributed by atoms with E-state index in [2.05, 4.69) is 15.9 Å². The van der Waals surface area contributed by atoms with Crippen LogP contribution in [-0.4, -0.2) is 11.8 Å². The van der Waals surface area contributed by atoms with Gasteiger partial charge in [-0.15, -0.1) is 0 Å². The maximum Gasteiger partial charge on any atom is 0.233 e. The Balaban J connectivity index is 2.38. The summed E-state index contributed by atoms with van der Waals surface area (Å²) in [7, 11) is 0. The van der Waals surface area contributed by atoms with Crippen molar-refractivity contribution in [1.29, 1.82) is 0 Å². The van der Waals surface area contributed by atoms with Crippen molar-refractivity contribution >= 4 is 33.4 Å². The lowest BCUT2D eigenvalue weighted by atomic mass is 10.2. The first-order valence-electron chi connectivity index (χ1n) is 5.71. The second-order valence-electron chi connectivity index (χ2n) is 4.26. The molecule has 0 saturated carbocycles. The summed E-state index contributed by atoms with van der Waals surface area (Å²) in [6, 6.07) is 5.54. The quantitative estimate of drug-likeness (QED) is 0.746. The minimum absolute atomic E-state index is 0.0887. The third-order valence-corrected chi connectivity index (χ3v) is 3.82. The van der Waals surface area contributed by atoms with Gasteiger partial charge < -0.3 is 0 Å². The highest BCUT2D eigenvalue weighted by Gasteiger charge is 2.25. The fourth-order valence-corrected chi connectivity index (χ4v) is 2.22. The molecule has 0 aliphatic carbocycles. The summed E-state index contributed by atoms with van der Waals surface area (Å²) in [5.41, 5.74) is 1.70. The zero-order chi connectivity index (χ0) is 12.4. The smallest absolute Gasteiger partial charge is 0.233 e. The largest absolute Gasteiger partial charge is 0.274 e. The monoisotopic (exact) mass is 295 g/mol. The minimum Gasteiger partial charge on any atom is -0.274 e. The lowest BCUT2D eigenvalue weighted by Gasteiger charge is -2.19. The van der Waals surface area contributed by atoms with Crippen LogP contribution in [0.4, 0.5) is 5.69 Å². The molecule has 0 unspecified atom stereocenters. The maximum atomic E-state index is 11.9. The lowest BCUT2D eigenvalue weighted by molar-refractivity contribution is -0.125. The van der Waals surface area contributed by atoms with E-state index in [-0.39, 0.29) is 11.8 Å². The number of carbonyl (C=O) groups excluding carboxylic acids is 2. The summed E-state index contributed by atoms with van der Waals surface area (Å²) >= 11 is 3.41. The molecular formula is C13H14BrNO2. The van der Waals surface area contributed by atoms with Crippen molar-refractivity contribution in [3.63, 3.8) is 0 Å². The predicted molar refractivity (Wildman–Crippen MR) is 69.8 cm³/mol. The Kier molecular flexibility index (Phi) is 3.62. The van der Waals surface area contributed by atoms with E-state index in [4.69, 9.17) is 0 Å². The van der Waals surface area contributed by atoms with Crippen molar-refractivity contribution < 1.29 is 9.59 Å². The molecule has 3 nitrogen and oxygen atoms in total. The molecule has 0 atom stereocenters. The normalized spacial score (nSPS) is 17.2. The van der Waals surface area contributed by atoms with Gasteiger partial charge >= 0.3 is 0 Å². The van der Waals surface area contributed by atoms with Gasteiger partial charge in [-0.25, -0.2) is 0 Å². The van der Waals surface area contributed by atoms with Gasteiger partial charge in [0.25, 0.3) is 0 Å². The van der Waals surface area contributed by atoms with E-state index in [0.29, 0.717) is 18.5 Å². The summed E-state index contributed by atoms with van der Waals surface area (Å²) < 4.78 is 0.982. The molecule has 1 saturated heterocycles. The summed E-state index contributed by atoms with van der Waals surface area (Å²) in [6.07, 6.45) is 2.52. The van der Waals surface area contributed by atoms with Crippen molar-refractivity contribution in [2.75, 3.05) is 4.90 Å². The van der Waals surface area contributed by atoms with Crippen LogP contribution in [0.15, 0.2) is 22.7 Å². The zero-order valence-electron chi connectivity index (χ0n) is 9.70. The number of hydrogen-bond donors (Lipinski definition) is 0. The molecule has 17 heavy (non-hydrogen) atoms. The number of halogens is 1. The van der Waals surface area contributed by atoms with E-state index in [9.17, 15) is 9.59 Å². The SMILES string of the molecule is Cc1cc(N2C(=O)CCCCC2=O)ccc1Br. The summed E-state index contributed by atoms with van der Waals surface area (Å²) in [5, 5.41) is 0. The fraction of sp³-hybridized carbons (Fsp3) is 0.385. The minimum atomic E-state index is -0.0887. The molecule has 4 heteroatoms. The highest BCUT2D eigenvalue weighted by Crippen LogP contribution is 2.26. The number of imide groups is 1. The molecule has 90 valence electrons. The molecule has 0 aromatic heterocycles. The Hall–Kier alpha value is -1.16. The third-order valence-electron chi connectivity index (χ3n) is 2.93. The topological polar surface area (TPSA) is 37.4 Å². The Morgan fingerprint density at radius 2 is 1.71 bits per heavy atom. The van der Waals surface area contributed by atoms with Gasteiger partial charge in [-0.2, -0.15) is 0 Å². The lowest BCUT2D eigenvalue weighted by Crippen LogP contribution is -2.35. The van der Waals surface area contributed by atoms with Gasteiger partial charge in [0.2, 0.25) is 11.8 Å². The highest BCUT2D eigenvalue weighted by atomic mass is 79.9. The Morgan fingerprint density at radius 3 is 2.24 bits per heavy atom. The van der Waals surface area contributed by atoms with Gasteiger partial charge in [0.05, 0.1) is 5.69 Å². The second-order valence-corrected chi connectivity index (χ2v) is 5.12. The molecular weight excluding hydrogens is 282 g/mol. The number of aryl methyl sites for hydroxylation is 1. The number of benzene rings is 1. The van der Waals surface area contributed by atoms with Crippen LogP contribution >= 0.6 is 15.9 Å². The number of carbonyl (C=O) groups is 2. The second kappa shape index (κ2) is 5.00. The predicted octanol–water partition coefficient (Wildman–Crippen LogP) is 3.19. The number of amides is 2. The van der Waals surface area contributed by atoms with Crippen LogP contribution in [0.3, 0.4) is 0 Å². The van der Waals surface area contributed by atoms with E-state index >= 15 is 0 Å². The van der Waals surface area contributed by atoms with Crippen LogP contribution in [-0.2, 0) is 9.59 Å². The summed E-state index contributed by atoms with van der Waals surface area (Å²) in [4.78, 5) is 25.2. The zero-order valence-corrected chi connectivity index (χ0v) is 11.3. The maximum absolute atomic E-state index is 11.9. The molecule has 0 spiro atoms. The first-order valence-corrected chi connectivity index (χ1v) is 6.51. The molecule has 0 radical (unpaired) electrons. The number of rotatable bonds is 1. The molecule has 0 bridgehead atoms. The Bertz CT molecular complexity index is 452.